The molecule has 0 aliphatic rings. The Balaban J connectivity index is 1.65. The number of nitrogens with zero attached hydrogens (tertiary/aromatic N) is 2. The van der Waals surface area contributed by atoms with Gasteiger partial charge in [-0.05, 0) is 52.3 Å². The van der Waals surface area contributed by atoms with Crippen molar-refractivity contribution in [2.45, 2.75) is 13.3 Å². The minimum Gasteiger partial charge on any atom is -0.339 e. The first-order chi connectivity index (χ1) is 11.7. The zero-order chi connectivity index (χ0) is 16.9. The van der Waals surface area contributed by atoms with Crippen molar-refractivity contribution in [3.8, 4) is 11.4 Å². The normalized spacial score (nSPS) is 10.4. The number of rotatable bonds is 4. The molecular formula is C17H15BrN4O2. The highest BCUT2D eigenvalue weighted by molar-refractivity contribution is 9.10. The second kappa shape index (κ2) is 7.27. The summed E-state index contributed by atoms with van der Waals surface area (Å²) >= 11 is 3.39. The minimum absolute atomic E-state index is 0.317. The van der Waals surface area contributed by atoms with Gasteiger partial charge < -0.3 is 15.2 Å². The molecule has 0 atom stereocenters. The van der Waals surface area contributed by atoms with Crippen LogP contribution in [0.15, 0.2) is 57.5 Å². The number of hydrogen-bond donors (Lipinski definition) is 2. The fourth-order valence-electron chi connectivity index (χ4n) is 2.07. The quantitative estimate of drug-likeness (QED) is 0.680. The van der Waals surface area contributed by atoms with E-state index in [9.17, 15) is 4.79 Å². The lowest BCUT2D eigenvalue weighted by molar-refractivity contribution is 0.262. The molecule has 0 saturated carbocycles. The van der Waals surface area contributed by atoms with Gasteiger partial charge in [-0.2, -0.15) is 4.98 Å². The first kappa shape index (κ1) is 16.2. The minimum atomic E-state index is -0.317. The molecule has 2 aromatic carbocycles. The van der Waals surface area contributed by atoms with E-state index in [2.05, 4.69) is 36.7 Å². The van der Waals surface area contributed by atoms with Crippen LogP contribution in [0.3, 0.4) is 0 Å². The van der Waals surface area contributed by atoms with E-state index in [1.54, 1.807) is 12.1 Å². The Bertz CT molecular complexity index is 846. The van der Waals surface area contributed by atoms with Crippen LogP contribution in [-0.4, -0.2) is 16.2 Å². The predicted octanol–water partition coefficient (Wildman–Crippen LogP) is 4.71. The summed E-state index contributed by atoms with van der Waals surface area (Å²) < 4.78 is 5.91. The molecule has 1 heterocycles. The number of nitrogens with one attached hydrogen (secondary N) is 2. The second-order valence-corrected chi connectivity index (χ2v) is 5.86. The van der Waals surface area contributed by atoms with E-state index >= 15 is 0 Å². The highest BCUT2D eigenvalue weighted by Crippen LogP contribution is 2.22. The van der Waals surface area contributed by atoms with Gasteiger partial charge in [-0.25, -0.2) is 4.79 Å². The molecule has 0 spiro atoms. The van der Waals surface area contributed by atoms with E-state index in [1.165, 1.54) is 0 Å². The molecule has 0 radical (unpaired) electrons. The van der Waals surface area contributed by atoms with Gasteiger partial charge in [-0.1, -0.05) is 24.2 Å². The molecule has 2 N–H and O–H groups in total. The van der Waals surface area contributed by atoms with Gasteiger partial charge in [-0.3, -0.25) is 0 Å². The average molecular weight is 387 g/mol. The zero-order valence-electron chi connectivity index (χ0n) is 12.9. The van der Waals surface area contributed by atoms with Gasteiger partial charge in [0.15, 0.2) is 0 Å². The Morgan fingerprint density at radius 3 is 2.54 bits per heavy atom. The number of aromatic nitrogens is 2. The molecule has 0 unspecified atom stereocenters. The average Bonchev–Trinajstić information content (AvgIpc) is 3.07. The standard InChI is InChI=1S/C17H15BrN4O2/c1-2-15-21-16(22-24-15)11-7-9-12(10-8-11)19-17(23)20-14-6-4-3-5-13(14)18/h3-10H,2H2,1H3,(H2,19,20,23). The third kappa shape index (κ3) is 3.80. The van der Waals surface area contributed by atoms with E-state index in [0.717, 1.165) is 10.0 Å². The number of anilines is 2. The number of carbonyl (C=O) groups is 1. The number of urea groups is 1. The maximum atomic E-state index is 12.0. The summed E-state index contributed by atoms with van der Waals surface area (Å²) in [5, 5.41) is 9.48. The van der Waals surface area contributed by atoms with Crippen molar-refractivity contribution in [1.82, 2.24) is 10.1 Å². The first-order valence-corrected chi connectivity index (χ1v) is 8.20. The molecule has 3 aromatic rings. The molecule has 7 heteroatoms. The predicted molar refractivity (Wildman–Crippen MR) is 95.9 cm³/mol. The number of aryl methyl sites for hydroxylation is 1. The van der Waals surface area contributed by atoms with E-state index in [4.69, 9.17) is 4.52 Å². The maximum Gasteiger partial charge on any atom is 0.323 e. The smallest absolute Gasteiger partial charge is 0.323 e. The number of amides is 2. The number of halogens is 1. The summed E-state index contributed by atoms with van der Waals surface area (Å²) in [6, 6.07) is 14.3. The molecule has 0 aliphatic heterocycles. The van der Waals surface area contributed by atoms with E-state index in [1.807, 2.05) is 43.3 Å². The van der Waals surface area contributed by atoms with E-state index in [-0.39, 0.29) is 6.03 Å². The summed E-state index contributed by atoms with van der Waals surface area (Å²) in [5.74, 6) is 1.14. The van der Waals surface area contributed by atoms with Crippen LogP contribution in [0.4, 0.5) is 16.2 Å². The number of carbonyl (C=O) groups excluding carboxylic acids is 1. The molecule has 0 fully saturated rings. The highest BCUT2D eigenvalue weighted by Gasteiger charge is 2.08. The fraction of sp³-hybridized carbons (Fsp3) is 0.118. The topological polar surface area (TPSA) is 80.0 Å². The van der Waals surface area contributed by atoms with Gasteiger partial charge in [0.25, 0.3) is 0 Å². The zero-order valence-corrected chi connectivity index (χ0v) is 14.5. The number of para-hydroxylation sites is 1. The van der Waals surface area contributed by atoms with Crippen LogP contribution >= 0.6 is 15.9 Å². The molecule has 122 valence electrons. The maximum absolute atomic E-state index is 12.0. The van der Waals surface area contributed by atoms with Crippen LogP contribution in [0.25, 0.3) is 11.4 Å². The molecule has 1 aromatic heterocycles. The third-order valence-electron chi connectivity index (χ3n) is 3.29. The lowest BCUT2D eigenvalue weighted by atomic mass is 10.2. The van der Waals surface area contributed by atoms with Crippen LogP contribution in [0.2, 0.25) is 0 Å². The van der Waals surface area contributed by atoms with Gasteiger partial charge in [0.05, 0.1) is 5.69 Å². The van der Waals surface area contributed by atoms with Gasteiger partial charge in [-0.15, -0.1) is 0 Å². The van der Waals surface area contributed by atoms with Gasteiger partial charge >= 0.3 is 6.03 Å². The summed E-state index contributed by atoms with van der Waals surface area (Å²) in [7, 11) is 0. The van der Waals surface area contributed by atoms with Crippen molar-refractivity contribution in [2.75, 3.05) is 10.6 Å². The largest absolute Gasteiger partial charge is 0.339 e. The van der Waals surface area contributed by atoms with Gasteiger partial charge in [0.2, 0.25) is 11.7 Å². The molecule has 0 saturated heterocycles. The molecule has 0 bridgehead atoms. The number of benzene rings is 2. The molecule has 6 nitrogen and oxygen atoms in total. The van der Waals surface area contributed by atoms with Gasteiger partial charge in [0, 0.05) is 22.1 Å². The Morgan fingerprint density at radius 2 is 1.88 bits per heavy atom. The summed E-state index contributed by atoms with van der Waals surface area (Å²) in [6.45, 7) is 1.95. The van der Waals surface area contributed by atoms with Gasteiger partial charge in [0.1, 0.15) is 0 Å². The van der Waals surface area contributed by atoms with Crippen molar-refractivity contribution < 1.29 is 9.32 Å². The molecular weight excluding hydrogens is 372 g/mol. The fourth-order valence-corrected chi connectivity index (χ4v) is 2.45. The lowest BCUT2D eigenvalue weighted by Crippen LogP contribution is -2.19. The van der Waals surface area contributed by atoms with E-state index in [0.29, 0.717) is 29.5 Å². The Labute approximate surface area is 147 Å². The van der Waals surface area contributed by atoms with Crippen LogP contribution < -0.4 is 10.6 Å². The monoisotopic (exact) mass is 386 g/mol. The van der Waals surface area contributed by atoms with Crippen LogP contribution in [0.1, 0.15) is 12.8 Å². The highest BCUT2D eigenvalue weighted by atomic mass is 79.9. The first-order valence-electron chi connectivity index (χ1n) is 7.41. The summed E-state index contributed by atoms with van der Waals surface area (Å²) in [5.41, 5.74) is 2.20. The number of hydrogen-bond acceptors (Lipinski definition) is 4. The summed E-state index contributed by atoms with van der Waals surface area (Å²) in [6.07, 6.45) is 0.696. The third-order valence-corrected chi connectivity index (χ3v) is 3.99. The molecule has 3 rings (SSSR count). The van der Waals surface area contributed by atoms with Crippen molar-refractivity contribution in [2.24, 2.45) is 0 Å². The van der Waals surface area contributed by atoms with Crippen LogP contribution in [-0.2, 0) is 6.42 Å². The summed E-state index contributed by atoms with van der Waals surface area (Å²) in [4.78, 5) is 16.3. The Morgan fingerprint density at radius 1 is 1.12 bits per heavy atom. The van der Waals surface area contributed by atoms with Crippen LogP contribution in [0.5, 0.6) is 0 Å². The SMILES string of the molecule is CCc1nc(-c2ccc(NC(=O)Nc3ccccc3Br)cc2)no1. The Hall–Kier alpha value is -2.67. The lowest BCUT2D eigenvalue weighted by Gasteiger charge is -2.09. The molecule has 0 aliphatic carbocycles. The second-order valence-electron chi connectivity index (χ2n) is 5.00. The van der Waals surface area contributed by atoms with Crippen molar-refractivity contribution in [1.29, 1.82) is 0 Å². The molecule has 24 heavy (non-hydrogen) atoms. The van der Waals surface area contributed by atoms with Crippen molar-refractivity contribution in [3.63, 3.8) is 0 Å². The van der Waals surface area contributed by atoms with Crippen molar-refractivity contribution in [3.05, 3.63) is 58.9 Å². The van der Waals surface area contributed by atoms with E-state index < -0.39 is 0 Å². The van der Waals surface area contributed by atoms with Crippen LogP contribution in [0, 0.1) is 0 Å². The van der Waals surface area contributed by atoms with Crippen molar-refractivity contribution >= 4 is 33.3 Å². The Kier molecular flexibility index (Phi) is 4.90. The molecule has 2 amide bonds.